The topological polar surface area (TPSA) is 126 Å². The molecule has 4 N–H and O–H groups in total. The number of rotatable bonds is 5. The van der Waals surface area contributed by atoms with E-state index in [9.17, 15) is 25.2 Å². The Hall–Kier alpha value is -2.23. The molecule has 0 unspecified atom stereocenters. The maximum atomic E-state index is 12.5. The van der Waals surface area contributed by atoms with Crippen LogP contribution in [0, 0.1) is 50.7 Å². The quantitative estimate of drug-likeness (QED) is 0.106. The molecule has 7 rings (SSSR count). The van der Waals surface area contributed by atoms with Gasteiger partial charge < -0.3 is 34.6 Å². The Balaban J connectivity index is 1.01. The van der Waals surface area contributed by atoms with Crippen LogP contribution in [0.5, 0.6) is 5.75 Å². The summed E-state index contributed by atoms with van der Waals surface area (Å²) < 4.78 is 18.0. The second-order valence-electron chi connectivity index (χ2n) is 19.6. The number of allylic oxidation sites excluding steroid dienone is 2. The van der Waals surface area contributed by atoms with Gasteiger partial charge in [-0.05, 0) is 139 Å². The molecular weight excluding hydrogens is 656 g/mol. The third-order valence-electron chi connectivity index (χ3n) is 16.1. The zero-order valence-corrected chi connectivity index (χ0v) is 32.5. The Morgan fingerprint density at radius 2 is 1.52 bits per heavy atom. The van der Waals surface area contributed by atoms with Gasteiger partial charge in [0.05, 0.1) is 18.8 Å². The summed E-state index contributed by atoms with van der Waals surface area (Å²) in [6, 6.07) is 6.39. The highest BCUT2D eigenvalue weighted by molar-refractivity contribution is 5.87. The third-order valence-corrected chi connectivity index (χ3v) is 16.1. The molecule has 1 heterocycles. The predicted octanol–water partition coefficient (Wildman–Crippen LogP) is 7.57. The highest BCUT2D eigenvalue weighted by Gasteiger charge is 2.64. The van der Waals surface area contributed by atoms with Crippen LogP contribution < -0.4 is 0 Å². The molecule has 0 bridgehead atoms. The van der Waals surface area contributed by atoms with Crippen molar-refractivity contribution >= 4 is 12.0 Å². The standard InChI is InChI=1S/C44H64O8/c1-40(2)31-15-11-27-24-42(5)21-18-32-41(3,4)35(20-23-44(32,7)33(42)16-14-29(27)43(31,6)22-19-34(40)46)52-39-38(49)37(48)30(25-50-39)51-36(47)17-10-26-8-12-28(45)13-9-26/h8-13,17,29-35,37-39,45-46,48-49H,14-16,18-25H2,1-7H3/t29-,30-,31-,32-,33-,34-,35-,37-,38+,39-,42-,43+,44-/m0/s1. The molecule has 13 atom stereocenters. The average molecular weight is 721 g/mol. The van der Waals surface area contributed by atoms with Gasteiger partial charge in [0.15, 0.2) is 12.4 Å². The molecule has 0 aromatic heterocycles. The molecule has 8 nitrogen and oxygen atoms in total. The number of benzene rings is 1. The maximum absolute atomic E-state index is 12.5. The van der Waals surface area contributed by atoms with Crippen molar-refractivity contribution in [2.24, 2.45) is 50.7 Å². The van der Waals surface area contributed by atoms with E-state index in [0.29, 0.717) is 29.2 Å². The summed E-state index contributed by atoms with van der Waals surface area (Å²) in [5.74, 6) is 1.62. The second-order valence-corrected chi connectivity index (χ2v) is 19.6. The van der Waals surface area contributed by atoms with E-state index in [1.54, 1.807) is 23.8 Å². The van der Waals surface area contributed by atoms with Gasteiger partial charge in [-0.25, -0.2) is 4.79 Å². The van der Waals surface area contributed by atoms with Gasteiger partial charge in [0.25, 0.3) is 0 Å². The van der Waals surface area contributed by atoms with Crippen LogP contribution in [0.2, 0.25) is 0 Å². The molecule has 1 saturated heterocycles. The van der Waals surface area contributed by atoms with E-state index in [1.807, 2.05) is 0 Å². The van der Waals surface area contributed by atoms with Crippen molar-refractivity contribution < 1.29 is 39.4 Å². The Bertz CT molecular complexity index is 1550. The van der Waals surface area contributed by atoms with E-state index in [0.717, 1.165) is 38.5 Å². The summed E-state index contributed by atoms with van der Waals surface area (Å²) in [5, 5.41) is 42.7. The fourth-order valence-corrected chi connectivity index (χ4v) is 13.3. The van der Waals surface area contributed by atoms with Crippen molar-refractivity contribution in [1.29, 1.82) is 0 Å². The van der Waals surface area contributed by atoms with Crippen LogP contribution in [0.1, 0.15) is 118 Å². The summed E-state index contributed by atoms with van der Waals surface area (Å²) >= 11 is 0. The van der Waals surface area contributed by atoms with E-state index in [4.69, 9.17) is 14.2 Å². The summed E-state index contributed by atoms with van der Waals surface area (Å²) in [6.07, 6.45) is 11.3. The van der Waals surface area contributed by atoms with E-state index in [1.165, 1.54) is 43.9 Å². The van der Waals surface area contributed by atoms with E-state index in [-0.39, 0.29) is 51.6 Å². The molecule has 288 valence electrons. The molecule has 1 aromatic rings. The SMILES string of the molecule is CC1(C)[C@@H](O[C@@H]2OC[C@H](OC(=O)C=Cc3ccc(O)cc3)[C@H](O)[C@H]2O)CC[C@@]2(C)[C@H]1CC[C@@]1(C)CC3=CC[C@H]4C(C)(C)[C@@H](O)CC[C@]4(C)[C@H]3CC[C@@H]12. The van der Waals surface area contributed by atoms with E-state index in [2.05, 4.69) is 54.5 Å². The first kappa shape index (κ1) is 38.1. The molecular formula is C44H64O8. The number of hydrogen-bond acceptors (Lipinski definition) is 8. The van der Waals surface area contributed by atoms with Crippen molar-refractivity contribution in [3.63, 3.8) is 0 Å². The normalized spacial score (nSPS) is 45.4. The molecule has 52 heavy (non-hydrogen) atoms. The first-order valence-corrected chi connectivity index (χ1v) is 20.1. The highest BCUT2D eigenvalue weighted by atomic mass is 16.7. The fraction of sp³-hybridized carbons (Fsp3) is 0.750. The Kier molecular flexibility index (Phi) is 9.89. The first-order chi connectivity index (χ1) is 24.4. The zero-order valence-electron chi connectivity index (χ0n) is 32.5. The average Bonchev–Trinajstić information content (AvgIpc) is 3.24. The minimum absolute atomic E-state index is 0.0682. The molecule has 4 saturated carbocycles. The number of phenols is 1. The molecule has 1 aliphatic heterocycles. The number of aromatic hydroxyl groups is 1. The largest absolute Gasteiger partial charge is 0.508 e. The molecule has 5 aliphatic carbocycles. The van der Waals surface area contributed by atoms with Crippen molar-refractivity contribution in [2.45, 2.75) is 149 Å². The molecule has 0 amide bonds. The van der Waals surface area contributed by atoms with Gasteiger partial charge >= 0.3 is 5.97 Å². The van der Waals surface area contributed by atoms with Gasteiger partial charge in [0.2, 0.25) is 0 Å². The van der Waals surface area contributed by atoms with Crippen LogP contribution in [-0.2, 0) is 19.0 Å². The van der Waals surface area contributed by atoms with Crippen LogP contribution in [0.3, 0.4) is 0 Å². The smallest absolute Gasteiger partial charge is 0.331 e. The van der Waals surface area contributed by atoms with Gasteiger partial charge in [0, 0.05) is 6.08 Å². The third kappa shape index (κ3) is 6.30. The summed E-state index contributed by atoms with van der Waals surface area (Å²) in [5.41, 5.74) is 2.81. The predicted molar refractivity (Wildman–Crippen MR) is 200 cm³/mol. The Morgan fingerprint density at radius 1 is 0.808 bits per heavy atom. The Morgan fingerprint density at radius 3 is 2.25 bits per heavy atom. The molecule has 5 fully saturated rings. The van der Waals surface area contributed by atoms with Gasteiger partial charge in [-0.3, -0.25) is 0 Å². The maximum Gasteiger partial charge on any atom is 0.331 e. The number of fused-ring (bicyclic) bond motifs is 6. The minimum Gasteiger partial charge on any atom is -0.508 e. The van der Waals surface area contributed by atoms with Crippen LogP contribution in [-0.4, -0.2) is 69.8 Å². The number of aliphatic hydroxyl groups is 3. The van der Waals surface area contributed by atoms with Gasteiger partial charge in [-0.15, -0.1) is 0 Å². The number of ether oxygens (including phenoxy) is 3. The zero-order chi connectivity index (χ0) is 37.4. The highest BCUT2D eigenvalue weighted by Crippen LogP contribution is 2.70. The van der Waals surface area contributed by atoms with Crippen LogP contribution in [0.25, 0.3) is 6.08 Å². The lowest BCUT2D eigenvalue weighted by atomic mass is 9.42. The molecule has 6 aliphatic rings. The van der Waals surface area contributed by atoms with E-state index < -0.39 is 30.6 Å². The van der Waals surface area contributed by atoms with Crippen LogP contribution in [0.4, 0.5) is 0 Å². The lowest BCUT2D eigenvalue weighted by Gasteiger charge is -2.64. The van der Waals surface area contributed by atoms with Crippen LogP contribution >= 0.6 is 0 Å². The Labute approximate surface area is 311 Å². The number of aliphatic hydroxyl groups excluding tert-OH is 3. The number of carbonyl (C=O) groups is 1. The lowest BCUT2D eigenvalue weighted by Crippen LogP contribution is -2.61. The van der Waals surface area contributed by atoms with Gasteiger partial charge in [0.1, 0.15) is 18.0 Å². The summed E-state index contributed by atoms with van der Waals surface area (Å²) in [6.45, 7) is 16.9. The first-order valence-electron chi connectivity index (χ1n) is 20.1. The fourth-order valence-electron chi connectivity index (χ4n) is 13.3. The number of hydrogen-bond donors (Lipinski definition) is 4. The van der Waals surface area contributed by atoms with Crippen molar-refractivity contribution in [3.8, 4) is 5.75 Å². The molecule has 8 heteroatoms. The number of carbonyl (C=O) groups excluding carboxylic acids is 1. The van der Waals surface area contributed by atoms with Crippen molar-refractivity contribution in [1.82, 2.24) is 0 Å². The number of phenolic OH excluding ortho intramolecular Hbond substituents is 1. The lowest BCUT2D eigenvalue weighted by molar-refractivity contribution is -0.307. The minimum atomic E-state index is -1.36. The molecule has 0 radical (unpaired) electrons. The summed E-state index contributed by atoms with van der Waals surface area (Å²) in [7, 11) is 0. The molecule has 1 aromatic carbocycles. The van der Waals surface area contributed by atoms with Crippen molar-refractivity contribution in [3.05, 3.63) is 47.6 Å². The van der Waals surface area contributed by atoms with Gasteiger partial charge in [-0.2, -0.15) is 0 Å². The van der Waals surface area contributed by atoms with Gasteiger partial charge in [-0.1, -0.05) is 72.2 Å². The van der Waals surface area contributed by atoms with Crippen LogP contribution in [0.15, 0.2) is 42.0 Å². The van der Waals surface area contributed by atoms with Crippen molar-refractivity contribution in [2.75, 3.05) is 6.61 Å². The monoisotopic (exact) mass is 720 g/mol. The summed E-state index contributed by atoms with van der Waals surface area (Å²) in [4.78, 5) is 12.5. The van der Waals surface area contributed by atoms with E-state index >= 15 is 0 Å². The molecule has 0 spiro atoms. The number of esters is 1. The second kappa shape index (κ2) is 13.5.